The van der Waals surface area contributed by atoms with Crippen LogP contribution in [0.1, 0.15) is 33.4 Å². The lowest BCUT2D eigenvalue weighted by Crippen LogP contribution is -2.31. The molecule has 1 aromatic heterocycles. The Labute approximate surface area is 105 Å². The van der Waals surface area contributed by atoms with Crippen molar-refractivity contribution in [3.8, 4) is 0 Å². The summed E-state index contributed by atoms with van der Waals surface area (Å²) >= 11 is 1.38. The summed E-state index contributed by atoms with van der Waals surface area (Å²) in [7, 11) is 0. The van der Waals surface area contributed by atoms with Crippen LogP contribution in [0.4, 0.5) is 5.13 Å². The zero-order valence-electron chi connectivity index (χ0n) is 10.5. The van der Waals surface area contributed by atoms with E-state index in [4.69, 9.17) is 0 Å². The smallest absolute Gasteiger partial charge is 0.245 e. The Hall–Kier alpha value is -1.43. The quantitative estimate of drug-likeness (QED) is 0.860. The molecule has 17 heavy (non-hydrogen) atoms. The highest BCUT2D eigenvalue weighted by atomic mass is 32.1. The van der Waals surface area contributed by atoms with E-state index in [0.29, 0.717) is 5.13 Å². The summed E-state index contributed by atoms with van der Waals surface area (Å²) in [6.45, 7) is 7.52. The first-order valence-electron chi connectivity index (χ1n) is 5.29. The molecule has 0 fully saturated rings. The number of anilines is 1. The van der Waals surface area contributed by atoms with Crippen LogP contribution in [0.25, 0.3) is 0 Å². The second kappa shape index (κ2) is 5.27. The van der Waals surface area contributed by atoms with Crippen molar-refractivity contribution in [3.63, 3.8) is 0 Å². The number of hydrogen-bond acceptors (Lipinski definition) is 4. The van der Waals surface area contributed by atoms with E-state index < -0.39 is 0 Å². The predicted molar refractivity (Wildman–Crippen MR) is 68.1 cm³/mol. The summed E-state index contributed by atoms with van der Waals surface area (Å²) in [6, 6.07) is 0. The van der Waals surface area contributed by atoms with Crippen LogP contribution in [0.3, 0.4) is 0 Å². The van der Waals surface area contributed by atoms with Crippen molar-refractivity contribution in [3.05, 3.63) is 11.1 Å². The Kier molecular flexibility index (Phi) is 4.22. The lowest BCUT2D eigenvalue weighted by molar-refractivity contribution is -0.122. The van der Waals surface area contributed by atoms with Gasteiger partial charge >= 0.3 is 0 Å². The van der Waals surface area contributed by atoms with Gasteiger partial charge < -0.3 is 10.6 Å². The van der Waals surface area contributed by atoms with Gasteiger partial charge in [0.15, 0.2) is 5.13 Å². The maximum Gasteiger partial charge on any atom is 0.245 e. The van der Waals surface area contributed by atoms with Crippen LogP contribution in [0.5, 0.6) is 0 Å². The van der Waals surface area contributed by atoms with Gasteiger partial charge in [0.25, 0.3) is 0 Å². The molecule has 0 saturated heterocycles. The summed E-state index contributed by atoms with van der Waals surface area (Å²) in [6.07, 6.45) is 0. The molecule has 0 spiro atoms. The molecular formula is C11H17N3O2S. The second-order valence-electron chi connectivity index (χ2n) is 4.75. The fourth-order valence-corrected chi connectivity index (χ4v) is 2.00. The summed E-state index contributed by atoms with van der Waals surface area (Å²) in [5.74, 6) is -0.496. The summed E-state index contributed by atoms with van der Waals surface area (Å²) < 4.78 is 0. The van der Waals surface area contributed by atoms with Gasteiger partial charge in [-0.2, -0.15) is 0 Å². The molecule has 0 aliphatic heterocycles. The van der Waals surface area contributed by atoms with E-state index in [1.807, 2.05) is 5.38 Å². The highest BCUT2D eigenvalue weighted by Gasteiger charge is 2.18. The molecule has 2 N–H and O–H groups in total. The molecule has 0 bridgehead atoms. The Morgan fingerprint density at radius 2 is 2.06 bits per heavy atom. The standard InChI is InChI=1S/C11H17N3O2S/c1-7(15)12-5-9(16)14-10-13-8(6-17-10)11(2,3)4/h6H,5H2,1-4H3,(H,12,15)(H,13,14,16). The van der Waals surface area contributed by atoms with Gasteiger partial charge in [0.2, 0.25) is 11.8 Å². The van der Waals surface area contributed by atoms with Crippen molar-refractivity contribution in [2.75, 3.05) is 11.9 Å². The minimum atomic E-state index is -0.269. The normalized spacial score (nSPS) is 11.1. The van der Waals surface area contributed by atoms with Gasteiger partial charge in [-0.25, -0.2) is 4.98 Å². The number of aromatic nitrogens is 1. The van der Waals surface area contributed by atoms with Crippen molar-refractivity contribution in [1.82, 2.24) is 10.3 Å². The number of hydrogen-bond donors (Lipinski definition) is 2. The fourth-order valence-electron chi connectivity index (χ4n) is 1.04. The first-order chi connectivity index (χ1) is 7.79. The van der Waals surface area contributed by atoms with E-state index in [9.17, 15) is 9.59 Å². The van der Waals surface area contributed by atoms with E-state index >= 15 is 0 Å². The lowest BCUT2D eigenvalue weighted by atomic mass is 9.93. The summed E-state index contributed by atoms with van der Waals surface area (Å²) in [4.78, 5) is 26.4. The minimum Gasteiger partial charge on any atom is -0.347 e. The van der Waals surface area contributed by atoms with Gasteiger partial charge in [0, 0.05) is 17.7 Å². The number of nitrogens with one attached hydrogen (secondary N) is 2. The largest absolute Gasteiger partial charge is 0.347 e. The van der Waals surface area contributed by atoms with Gasteiger partial charge in [0.1, 0.15) is 0 Å². The van der Waals surface area contributed by atoms with Gasteiger partial charge in [-0.3, -0.25) is 9.59 Å². The van der Waals surface area contributed by atoms with Crippen LogP contribution in [-0.2, 0) is 15.0 Å². The Bertz CT molecular complexity index is 421. The molecule has 6 heteroatoms. The number of rotatable bonds is 3. The highest BCUT2D eigenvalue weighted by Crippen LogP contribution is 2.26. The second-order valence-corrected chi connectivity index (χ2v) is 5.60. The molecule has 0 aliphatic carbocycles. The molecule has 1 heterocycles. The molecule has 1 rings (SSSR count). The SMILES string of the molecule is CC(=O)NCC(=O)Nc1nc(C(C)(C)C)cs1. The summed E-state index contributed by atoms with van der Waals surface area (Å²) in [5.41, 5.74) is 0.911. The van der Waals surface area contributed by atoms with Gasteiger partial charge in [-0.05, 0) is 0 Å². The molecule has 0 saturated carbocycles. The van der Waals surface area contributed by atoms with Gasteiger partial charge in [-0.15, -0.1) is 11.3 Å². The first-order valence-corrected chi connectivity index (χ1v) is 6.17. The third-order valence-corrected chi connectivity index (χ3v) is 2.77. The van der Waals surface area contributed by atoms with E-state index in [1.165, 1.54) is 18.3 Å². The number of amides is 2. The molecule has 0 unspecified atom stereocenters. The molecule has 2 amide bonds. The van der Waals surface area contributed by atoms with Crippen molar-refractivity contribution in [2.45, 2.75) is 33.1 Å². The third kappa shape index (κ3) is 4.52. The van der Waals surface area contributed by atoms with Crippen LogP contribution in [0.15, 0.2) is 5.38 Å². The van der Waals surface area contributed by atoms with Crippen molar-refractivity contribution >= 4 is 28.3 Å². The maximum absolute atomic E-state index is 11.4. The van der Waals surface area contributed by atoms with E-state index in [2.05, 4.69) is 36.4 Å². The van der Waals surface area contributed by atoms with E-state index in [0.717, 1.165) is 5.69 Å². The topological polar surface area (TPSA) is 71.1 Å². The Morgan fingerprint density at radius 3 is 2.53 bits per heavy atom. The molecule has 0 radical (unpaired) electrons. The van der Waals surface area contributed by atoms with E-state index in [-0.39, 0.29) is 23.8 Å². The summed E-state index contributed by atoms with van der Waals surface area (Å²) in [5, 5.41) is 7.56. The fraction of sp³-hybridized carbons (Fsp3) is 0.545. The number of carbonyl (C=O) groups is 2. The molecule has 1 aromatic rings. The van der Waals surface area contributed by atoms with Gasteiger partial charge in [-0.1, -0.05) is 20.8 Å². The molecule has 0 aliphatic rings. The van der Waals surface area contributed by atoms with E-state index in [1.54, 1.807) is 0 Å². The molecular weight excluding hydrogens is 238 g/mol. The first kappa shape index (κ1) is 13.6. The average molecular weight is 255 g/mol. The van der Waals surface area contributed by atoms with Crippen molar-refractivity contribution in [2.24, 2.45) is 0 Å². The Balaban J connectivity index is 2.55. The lowest BCUT2D eigenvalue weighted by Gasteiger charge is -2.14. The zero-order valence-corrected chi connectivity index (χ0v) is 11.3. The number of nitrogens with zero attached hydrogens (tertiary/aromatic N) is 1. The molecule has 0 aromatic carbocycles. The number of carbonyl (C=O) groups excluding carboxylic acids is 2. The monoisotopic (exact) mass is 255 g/mol. The predicted octanol–water partition coefficient (Wildman–Crippen LogP) is 1.52. The van der Waals surface area contributed by atoms with Crippen molar-refractivity contribution < 1.29 is 9.59 Å². The highest BCUT2D eigenvalue weighted by molar-refractivity contribution is 7.13. The van der Waals surface area contributed by atoms with Crippen LogP contribution in [0, 0.1) is 0 Å². The van der Waals surface area contributed by atoms with Crippen LogP contribution in [0.2, 0.25) is 0 Å². The van der Waals surface area contributed by atoms with Crippen LogP contribution in [-0.4, -0.2) is 23.3 Å². The molecule has 5 nitrogen and oxygen atoms in total. The van der Waals surface area contributed by atoms with Gasteiger partial charge in [0.05, 0.1) is 12.2 Å². The number of thiazole rings is 1. The van der Waals surface area contributed by atoms with Crippen LogP contribution < -0.4 is 10.6 Å². The molecule has 94 valence electrons. The zero-order chi connectivity index (χ0) is 13.1. The minimum absolute atomic E-state index is 0.0280. The third-order valence-electron chi connectivity index (χ3n) is 2.02. The average Bonchev–Trinajstić information content (AvgIpc) is 2.62. The van der Waals surface area contributed by atoms with Crippen LogP contribution >= 0.6 is 11.3 Å². The Morgan fingerprint density at radius 1 is 1.41 bits per heavy atom. The maximum atomic E-state index is 11.4. The molecule has 0 atom stereocenters. The van der Waals surface area contributed by atoms with Crippen molar-refractivity contribution in [1.29, 1.82) is 0 Å².